The number of hydrogen-bond acceptors (Lipinski definition) is 3. The standard InChI is InChI=1S/C14H20N2OS/c1-16-13-5-3-10(12(15)7-8-18-2)9-11(13)4-6-14(16)17/h3,5,9,12H,4,6-8,15H2,1-2H3. The Kier molecular flexibility index (Phi) is 4.30. The van der Waals surface area contributed by atoms with E-state index in [2.05, 4.69) is 18.4 Å². The summed E-state index contributed by atoms with van der Waals surface area (Å²) in [5.74, 6) is 1.28. The summed E-state index contributed by atoms with van der Waals surface area (Å²) >= 11 is 1.82. The maximum Gasteiger partial charge on any atom is 0.227 e. The summed E-state index contributed by atoms with van der Waals surface area (Å²) in [5, 5.41) is 0. The molecule has 1 aromatic rings. The third kappa shape index (κ3) is 2.70. The predicted molar refractivity (Wildman–Crippen MR) is 78.1 cm³/mol. The molecule has 1 aliphatic rings. The summed E-state index contributed by atoms with van der Waals surface area (Å²) in [5.41, 5.74) is 9.65. The lowest BCUT2D eigenvalue weighted by Crippen LogP contribution is -2.31. The molecule has 1 amide bonds. The smallest absolute Gasteiger partial charge is 0.227 e. The fourth-order valence-electron chi connectivity index (χ4n) is 2.32. The molecule has 98 valence electrons. The Morgan fingerprint density at radius 3 is 2.94 bits per heavy atom. The molecule has 0 spiro atoms. The molecule has 1 aromatic carbocycles. The van der Waals surface area contributed by atoms with E-state index in [1.54, 1.807) is 4.90 Å². The van der Waals surface area contributed by atoms with E-state index >= 15 is 0 Å². The maximum atomic E-state index is 11.6. The van der Waals surface area contributed by atoms with Crippen molar-refractivity contribution in [3.8, 4) is 0 Å². The zero-order chi connectivity index (χ0) is 13.1. The van der Waals surface area contributed by atoms with Crippen molar-refractivity contribution in [3.63, 3.8) is 0 Å². The van der Waals surface area contributed by atoms with E-state index in [9.17, 15) is 4.79 Å². The molecule has 1 heterocycles. The van der Waals surface area contributed by atoms with Crippen LogP contribution in [0, 0.1) is 0 Å². The molecule has 0 aromatic heterocycles. The van der Waals surface area contributed by atoms with Crippen LogP contribution >= 0.6 is 11.8 Å². The van der Waals surface area contributed by atoms with Crippen LogP contribution in [-0.2, 0) is 11.2 Å². The number of rotatable bonds is 4. The van der Waals surface area contributed by atoms with Crippen molar-refractivity contribution in [1.29, 1.82) is 0 Å². The van der Waals surface area contributed by atoms with Crippen LogP contribution in [0.3, 0.4) is 0 Å². The SMILES string of the molecule is CSCCC(N)c1ccc2c(c1)CCC(=O)N2C. The third-order valence-corrected chi connectivity index (χ3v) is 4.15. The molecule has 0 saturated carbocycles. The van der Waals surface area contributed by atoms with Gasteiger partial charge in [-0.05, 0) is 42.0 Å². The lowest BCUT2D eigenvalue weighted by atomic mass is 9.96. The van der Waals surface area contributed by atoms with E-state index in [0.717, 1.165) is 24.3 Å². The Bertz CT molecular complexity index is 447. The summed E-state index contributed by atoms with van der Waals surface area (Å²) in [4.78, 5) is 13.4. The highest BCUT2D eigenvalue weighted by molar-refractivity contribution is 7.98. The molecule has 2 N–H and O–H groups in total. The Balaban J connectivity index is 2.20. The van der Waals surface area contributed by atoms with E-state index in [4.69, 9.17) is 5.73 Å². The van der Waals surface area contributed by atoms with Crippen LogP contribution in [0.1, 0.15) is 30.0 Å². The van der Waals surface area contributed by atoms with E-state index in [1.165, 1.54) is 11.1 Å². The minimum absolute atomic E-state index is 0.102. The second kappa shape index (κ2) is 5.76. The third-order valence-electron chi connectivity index (χ3n) is 3.51. The van der Waals surface area contributed by atoms with Gasteiger partial charge in [0.1, 0.15) is 0 Å². The van der Waals surface area contributed by atoms with Crippen molar-refractivity contribution >= 4 is 23.4 Å². The minimum atomic E-state index is 0.102. The van der Waals surface area contributed by atoms with Crippen molar-refractivity contribution in [2.24, 2.45) is 5.73 Å². The molecule has 1 unspecified atom stereocenters. The molecule has 4 heteroatoms. The van der Waals surface area contributed by atoms with Crippen LogP contribution in [0.5, 0.6) is 0 Å². The number of hydrogen-bond donors (Lipinski definition) is 1. The van der Waals surface area contributed by atoms with Crippen LogP contribution in [0.4, 0.5) is 5.69 Å². The summed E-state index contributed by atoms with van der Waals surface area (Å²) < 4.78 is 0. The van der Waals surface area contributed by atoms with E-state index < -0.39 is 0 Å². The normalized spacial score (nSPS) is 16.6. The fourth-order valence-corrected chi connectivity index (χ4v) is 2.81. The minimum Gasteiger partial charge on any atom is -0.324 e. The van der Waals surface area contributed by atoms with Crippen LogP contribution in [0.2, 0.25) is 0 Å². The first-order chi connectivity index (χ1) is 8.63. The van der Waals surface area contributed by atoms with E-state index in [1.807, 2.05) is 24.9 Å². The van der Waals surface area contributed by atoms with Crippen molar-refractivity contribution in [3.05, 3.63) is 29.3 Å². The summed E-state index contributed by atoms with van der Waals surface area (Å²) in [7, 11) is 1.84. The average molecular weight is 264 g/mol. The molecule has 1 aliphatic heterocycles. The topological polar surface area (TPSA) is 46.3 Å². The van der Waals surface area contributed by atoms with Gasteiger partial charge in [-0.15, -0.1) is 0 Å². The Hall–Kier alpha value is -1.00. The molecule has 2 rings (SSSR count). The zero-order valence-electron chi connectivity index (χ0n) is 11.0. The molecule has 0 fully saturated rings. The molecular weight excluding hydrogens is 244 g/mol. The Labute approximate surface area is 113 Å². The zero-order valence-corrected chi connectivity index (χ0v) is 11.8. The van der Waals surface area contributed by atoms with Gasteiger partial charge in [0.05, 0.1) is 0 Å². The van der Waals surface area contributed by atoms with Crippen molar-refractivity contribution < 1.29 is 4.79 Å². The largest absolute Gasteiger partial charge is 0.324 e. The maximum absolute atomic E-state index is 11.6. The molecule has 3 nitrogen and oxygen atoms in total. The van der Waals surface area contributed by atoms with Gasteiger partial charge in [-0.3, -0.25) is 4.79 Å². The monoisotopic (exact) mass is 264 g/mol. The first kappa shape index (κ1) is 13.4. The molecule has 18 heavy (non-hydrogen) atoms. The van der Waals surface area contributed by atoms with Gasteiger partial charge in [0, 0.05) is 25.2 Å². The molecule has 0 bridgehead atoms. The average Bonchev–Trinajstić information content (AvgIpc) is 2.40. The van der Waals surface area contributed by atoms with Crippen molar-refractivity contribution in [2.75, 3.05) is 24.0 Å². The van der Waals surface area contributed by atoms with Gasteiger partial charge < -0.3 is 10.6 Å². The second-order valence-electron chi connectivity index (χ2n) is 4.73. The number of benzene rings is 1. The number of nitrogens with two attached hydrogens (primary N) is 1. The van der Waals surface area contributed by atoms with E-state index in [0.29, 0.717) is 6.42 Å². The van der Waals surface area contributed by atoms with Crippen molar-refractivity contribution in [2.45, 2.75) is 25.3 Å². The fraction of sp³-hybridized carbons (Fsp3) is 0.500. The van der Waals surface area contributed by atoms with Gasteiger partial charge >= 0.3 is 0 Å². The van der Waals surface area contributed by atoms with Gasteiger partial charge in [-0.25, -0.2) is 0 Å². The predicted octanol–water partition coefficient (Wildman–Crippen LogP) is 2.35. The first-order valence-electron chi connectivity index (χ1n) is 6.27. The summed E-state index contributed by atoms with van der Waals surface area (Å²) in [6.45, 7) is 0. The number of amides is 1. The van der Waals surface area contributed by atoms with Gasteiger partial charge in [-0.1, -0.05) is 12.1 Å². The molecule has 0 aliphatic carbocycles. The second-order valence-corrected chi connectivity index (χ2v) is 5.71. The highest BCUT2D eigenvalue weighted by atomic mass is 32.2. The number of thioether (sulfide) groups is 1. The molecule has 0 saturated heterocycles. The number of fused-ring (bicyclic) bond motifs is 1. The molecule has 1 atom stereocenters. The van der Waals surface area contributed by atoms with Gasteiger partial charge in [-0.2, -0.15) is 11.8 Å². The number of carbonyl (C=O) groups is 1. The van der Waals surface area contributed by atoms with E-state index in [-0.39, 0.29) is 11.9 Å². The highest BCUT2D eigenvalue weighted by Gasteiger charge is 2.21. The highest BCUT2D eigenvalue weighted by Crippen LogP contribution is 2.29. The van der Waals surface area contributed by atoms with Gasteiger partial charge in [0.2, 0.25) is 5.91 Å². The lowest BCUT2D eigenvalue weighted by Gasteiger charge is -2.26. The number of aryl methyl sites for hydroxylation is 1. The summed E-state index contributed by atoms with van der Waals surface area (Å²) in [6.07, 6.45) is 4.53. The van der Waals surface area contributed by atoms with Gasteiger partial charge in [0.25, 0.3) is 0 Å². The lowest BCUT2D eigenvalue weighted by molar-refractivity contribution is -0.118. The van der Waals surface area contributed by atoms with Crippen LogP contribution in [0.25, 0.3) is 0 Å². The summed E-state index contributed by atoms with van der Waals surface area (Å²) in [6, 6.07) is 6.36. The number of carbonyl (C=O) groups excluding carboxylic acids is 1. The quantitative estimate of drug-likeness (QED) is 0.908. The van der Waals surface area contributed by atoms with Crippen LogP contribution in [0.15, 0.2) is 18.2 Å². The number of anilines is 1. The van der Waals surface area contributed by atoms with Crippen molar-refractivity contribution in [1.82, 2.24) is 0 Å². The number of nitrogens with zero attached hydrogens (tertiary/aromatic N) is 1. The Morgan fingerprint density at radius 2 is 2.22 bits per heavy atom. The van der Waals surface area contributed by atoms with Gasteiger partial charge in [0.15, 0.2) is 0 Å². The molecular formula is C14H20N2OS. The Morgan fingerprint density at radius 1 is 1.44 bits per heavy atom. The van der Waals surface area contributed by atoms with Crippen LogP contribution < -0.4 is 10.6 Å². The van der Waals surface area contributed by atoms with Crippen LogP contribution in [-0.4, -0.2) is 25.0 Å². The first-order valence-corrected chi connectivity index (χ1v) is 7.66. The molecule has 0 radical (unpaired) electrons.